The summed E-state index contributed by atoms with van der Waals surface area (Å²) < 4.78 is 27.5. The van der Waals surface area contributed by atoms with Crippen LogP contribution in [-0.4, -0.2) is 49.1 Å². The number of benzene rings is 1. The normalized spacial score (nSPS) is 18.2. The Kier molecular flexibility index (Phi) is 4.62. The lowest BCUT2D eigenvalue weighted by Gasteiger charge is -2.34. The van der Waals surface area contributed by atoms with Crippen molar-refractivity contribution in [3.63, 3.8) is 0 Å². The average Bonchev–Trinajstić information content (AvgIpc) is 3.11. The van der Waals surface area contributed by atoms with Gasteiger partial charge in [0.05, 0.1) is 10.6 Å². The molecule has 1 aliphatic heterocycles. The first-order chi connectivity index (χ1) is 12.5. The van der Waals surface area contributed by atoms with Crippen molar-refractivity contribution in [2.45, 2.75) is 31.1 Å². The van der Waals surface area contributed by atoms with Gasteiger partial charge in [-0.3, -0.25) is 0 Å². The highest BCUT2D eigenvalue weighted by Crippen LogP contribution is 2.27. The molecule has 0 unspecified atom stereocenters. The van der Waals surface area contributed by atoms with Gasteiger partial charge in [-0.25, -0.2) is 8.42 Å². The van der Waals surface area contributed by atoms with Crippen LogP contribution in [0.1, 0.15) is 23.2 Å². The zero-order valence-corrected chi connectivity index (χ0v) is 16.2. The van der Waals surface area contributed by atoms with Crippen LogP contribution in [-0.2, 0) is 22.9 Å². The zero-order chi connectivity index (χ0) is 18.3. The summed E-state index contributed by atoms with van der Waals surface area (Å²) in [4.78, 5) is 2.40. The van der Waals surface area contributed by atoms with Gasteiger partial charge in [0, 0.05) is 31.2 Å². The Hall–Kier alpha value is -1.70. The molecule has 1 aliphatic carbocycles. The van der Waals surface area contributed by atoms with E-state index in [0.717, 1.165) is 30.8 Å². The van der Waals surface area contributed by atoms with Crippen LogP contribution in [0.2, 0.25) is 5.02 Å². The van der Waals surface area contributed by atoms with Gasteiger partial charge < -0.3 is 4.90 Å². The smallest absolute Gasteiger partial charge is 0.243 e. The standard InChI is InChI=1S/C18H21ClN4O2S/c1-13-15(19)5-3-7-17(13)26(24,25)23-10-8-22(9-11-23)18-12-14-4-2-6-16(14)20-21-18/h3,5,7,12H,2,4,6,8-11H2,1H3. The summed E-state index contributed by atoms with van der Waals surface area (Å²) in [7, 11) is -3.54. The van der Waals surface area contributed by atoms with E-state index in [0.29, 0.717) is 36.8 Å². The van der Waals surface area contributed by atoms with E-state index in [1.54, 1.807) is 25.1 Å². The molecule has 26 heavy (non-hydrogen) atoms. The highest BCUT2D eigenvalue weighted by atomic mass is 35.5. The van der Waals surface area contributed by atoms with Crippen molar-refractivity contribution in [2.24, 2.45) is 0 Å². The van der Waals surface area contributed by atoms with Crippen molar-refractivity contribution in [1.82, 2.24) is 14.5 Å². The SMILES string of the molecule is Cc1c(Cl)cccc1S(=O)(=O)N1CCN(c2cc3c(nn2)CCC3)CC1. The Labute approximate surface area is 158 Å². The second-order valence-corrected chi connectivity index (χ2v) is 9.10. The lowest BCUT2D eigenvalue weighted by atomic mass is 10.2. The number of hydrogen-bond donors (Lipinski definition) is 0. The third kappa shape index (κ3) is 3.08. The maximum Gasteiger partial charge on any atom is 0.243 e. The second kappa shape index (κ2) is 6.79. The highest BCUT2D eigenvalue weighted by molar-refractivity contribution is 7.89. The van der Waals surface area contributed by atoms with E-state index in [1.807, 2.05) is 0 Å². The van der Waals surface area contributed by atoms with E-state index in [1.165, 1.54) is 9.87 Å². The minimum absolute atomic E-state index is 0.288. The Morgan fingerprint density at radius 1 is 1.08 bits per heavy atom. The Bertz CT molecular complexity index is 940. The maximum atomic E-state index is 13.0. The van der Waals surface area contributed by atoms with Gasteiger partial charge in [-0.1, -0.05) is 17.7 Å². The van der Waals surface area contributed by atoms with Gasteiger partial charge in [-0.15, -0.1) is 5.10 Å². The summed E-state index contributed by atoms with van der Waals surface area (Å²) in [5.74, 6) is 0.849. The molecule has 0 N–H and O–H groups in total. The Morgan fingerprint density at radius 2 is 1.85 bits per heavy atom. The van der Waals surface area contributed by atoms with Crippen LogP contribution in [0, 0.1) is 6.92 Å². The van der Waals surface area contributed by atoms with Crippen molar-refractivity contribution in [2.75, 3.05) is 31.1 Å². The van der Waals surface area contributed by atoms with E-state index in [4.69, 9.17) is 11.6 Å². The number of piperazine rings is 1. The molecular weight excluding hydrogens is 372 g/mol. The lowest BCUT2D eigenvalue weighted by Crippen LogP contribution is -2.49. The van der Waals surface area contributed by atoms with Gasteiger partial charge in [0.25, 0.3) is 0 Å². The molecule has 2 heterocycles. The molecule has 0 spiro atoms. The number of aromatic nitrogens is 2. The predicted molar refractivity (Wildman–Crippen MR) is 101 cm³/mol. The number of anilines is 1. The monoisotopic (exact) mass is 392 g/mol. The third-order valence-corrected chi connectivity index (χ3v) is 7.66. The summed E-state index contributed by atoms with van der Waals surface area (Å²) in [6.07, 6.45) is 3.20. The number of rotatable bonds is 3. The Morgan fingerprint density at radius 3 is 2.62 bits per heavy atom. The minimum atomic E-state index is -3.54. The molecule has 4 rings (SSSR count). The number of fused-ring (bicyclic) bond motifs is 1. The number of aryl methyl sites for hydroxylation is 2. The molecule has 6 nitrogen and oxygen atoms in total. The summed E-state index contributed by atoms with van der Waals surface area (Å²) in [6.45, 7) is 3.80. The van der Waals surface area contributed by atoms with E-state index >= 15 is 0 Å². The molecule has 138 valence electrons. The fourth-order valence-corrected chi connectivity index (χ4v) is 5.54. The quantitative estimate of drug-likeness (QED) is 0.802. The van der Waals surface area contributed by atoms with Crippen LogP contribution in [0.5, 0.6) is 0 Å². The van der Waals surface area contributed by atoms with Gasteiger partial charge in [-0.2, -0.15) is 9.40 Å². The minimum Gasteiger partial charge on any atom is -0.352 e. The van der Waals surface area contributed by atoms with Crippen molar-refractivity contribution in [3.8, 4) is 0 Å². The molecule has 0 bridgehead atoms. The largest absolute Gasteiger partial charge is 0.352 e. The van der Waals surface area contributed by atoms with Gasteiger partial charge >= 0.3 is 0 Å². The molecule has 0 radical (unpaired) electrons. The molecular formula is C18H21ClN4O2S. The van der Waals surface area contributed by atoms with E-state index < -0.39 is 10.0 Å². The molecule has 2 aromatic rings. The molecule has 1 saturated heterocycles. The van der Waals surface area contributed by atoms with Gasteiger partial charge in [0.15, 0.2) is 5.82 Å². The fourth-order valence-electron chi connectivity index (χ4n) is 3.64. The van der Waals surface area contributed by atoms with Crippen molar-refractivity contribution < 1.29 is 8.42 Å². The van der Waals surface area contributed by atoms with Crippen LogP contribution < -0.4 is 4.90 Å². The Balaban J connectivity index is 1.50. The van der Waals surface area contributed by atoms with Crippen molar-refractivity contribution in [3.05, 3.63) is 46.1 Å². The van der Waals surface area contributed by atoms with Crippen LogP contribution in [0.25, 0.3) is 0 Å². The van der Waals surface area contributed by atoms with Crippen LogP contribution in [0.3, 0.4) is 0 Å². The number of sulfonamides is 1. The molecule has 1 aromatic carbocycles. The van der Waals surface area contributed by atoms with E-state index in [2.05, 4.69) is 21.2 Å². The van der Waals surface area contributed by atoms with E-state index in [9.17, 15) is 8.42 Å². The fraction of sp³-hybridized carbons (Fsp3) is 0.444. The maximum absolute atomic E-state index is 13.0. The summed E-state index contributed by atoms with van der Waals surface area (Å²) in [5, 5.41) is 9.14. The second-order valence-electron chi connectivity index (χ2n) is 6.78. The van der Waals surface area contributed by atoms with Gasteiger partial charge in [0.1, 0.15) is 0 Å². The van der Waals surface area contributed by atoms with E-state index in [-0.39, 0.29) is 4.90 Å². The number of hydrogen-bond acceptors (Lipinski definition) is 5. The molecule has 0 saturated carbocycles. The number of halogens is 1. The van der Waals surface area contributed by atoms with Crippen LogP contribution >= 0.6 is 11.6 Å². The summed E-state index contributed by atoms with van der Waals surface area (Å²) in [6, 6.07) is 7.12. The first kappa shape index (κ1) is 17.7. The summed E-state index contributed by atoms with van der Waals surface area (Å²) in [5.41, 5.74) is 2.98. The molecule has 2 aliphatic rings. The molecule has 8 heteroatoms. The highest BCUT2D eigenvalue weighted by Gasteiger charge is 2.30. The summed E-state index contributed by atoms with van der Waals surface area (Å²) >= 11 is 6.10. The number of nitrogens with zero attached hydrogens (tertiary/aromatic N) is 4. The van der Waals surface area contributed by atoms with Gasteiger partial charge in [-0.05, 0) is 55.5 Å². The molecule has 0 amide bonds. The van der Waals surface area contributed by atoms with Crippen LogP contribution in [0.4, 0.5) is 5.82 Å². The third-order valence-electron chi connectivity index (χ3n) is 5.21. The molecule has 1 aromatic heterocycles. The first-order valence-corrected chi connectivity index (χ1v) is 10.6. The van der Waals surface area contributed by atoms with Gasteiger partial charge in [0.2, 0.25) is 10.0 Å². The van der Waals surface area contributed by atoms with Crippen LogP contribution in [0.15, 0.2) is 29.2 Å². The molecule has 1 fully saturated rings. The molecule has 0 atom stereocenters. The lowest BCUT2D eigenvalue weighted by molar-refractivity contribution is 0.383. The van der Waals surface area contributed by atoms with Crippen molar-refractivity contribution in [1.29, 1.82) is 0 Å². The average molecular weight is 393 g/mol. The topological polar surface area (TPSA) is 66.4 Å². The van der Waals surface area contributed by atoms with Crippen molar-refractivity contribution >= 4 is 27.4 Å². The first-order valence-electron chi connectivity index (χ1n) is 8.82. The zero-order valence-electron chi connectivity index (χ0n) is 14.7. The predicted octanol–water partition coefficient (Wildman–Crippen LogP) is 2.44.